The molecular formula is C9H10F3N3. The lowest BCUT2D eigenvalue weighted by Crippen LogP contribution is -2.50. The Bertz CT molecular complexity index is 354. The number of aliphatic imine (C=N–C) groups is 1. The summed E-state index contributed by atoms with van der Waals surface area (Å²) in [6.45, 7) is 4.69. The monoisotopic (exact) mass is 217 g/mol. The highest BCUT2D eigenvalue weighted by Crippen LogP contribution is 2.28. The van der Waals surface area contributed by atoms with Crippen molar-refractivity contribution in [2.75, 3.05) is 19.6 Å². The van der Waals surface area contributed by atoms with E-state index in [9.17, 15) is 13.2 Å². The molecule has 0 atom stereocenters. The van der Waals surface area contributed by atoms with Crippen LogP contribution in [0.2, 0.25) is 0 Å². The Labute approximate surface area is 85.0 Å². The minimum atomic E-state index is -4.42. The van der Waals surface area contributed by atoms with Crippen molar-refractivity contribution in [3.05, 3.63) is 24.0 Å². The molecule has 0 aromatic rings. The summed E-state index contributed by atoms with van der Waals surface area (Å²) in [4.78, 5) is 4.66. The minimum absolute atomic E-state index is 0.150. The zero-order valence-electron chi connectivity index (χ0n) is 7.93. The zero-order chi connectivity index (χ0) is 11.1. The fraction of sp³-hybridized carbons (Fsp3) is 0.444. The van der Waals surface area contributed by atoms with Crippen molar-refractivity contribution in [3.8, 4) is 0 Å². The molecule has 2 aliphatic heterocycles. The van der Waals surface area contributed by atoms with E-state index in [4.69, 9.17) is 0 Å². The molecule has 0 unspecified atom stereocenters. The predicted molar refractivity (Wildman–Crippen MR) is 50.3 cm³/mol. The van der Waals surface area contributed by atoms with Crippen LogP contribution in [0.25, 0.3) is 0 Å². The summed E-state index contributed by atoms with van der Waals surface area (Å²) in [6, 6.07) is 0. The van der Waals surface area contributed by atoms with E-state index in [0.717, 1.165) is 0 Å². The lowest BCUT2D eigenvalue weighted by Gasteiger charge is -2.35. The molecule has 6 heteroatoms. The predicted octanol–water partition coefficient (Wildman–Crippen LogP) is 1.26. The first kappa shape index (κ1) is 10.2. The van der Waals surface area contributed by atoms with Crippen LogP contribution in [0.5, 0.6) is 0 Å². The maximum atomic E-state index is 12.6. The van der Waals surface area contributed by atoms with Crippen LogP contribution in [0.4, 0.5) is 13.2 Å². The van der Waals surface area contributed by atoms with Crippen LogP contribution in [-0.2, 0) is 0 Å². The number of alkyl halides is 3. The highest BCUT2D eigenvalue weighted by atomic mass is 19.4. The Balaban J connectivity index is 2.35. The second-order valence-electron chi connectivity index (χ2n) is 3.39. The Hall–Kier alpha value is -1.30. The summed E-state index contributed by atoms with van der Waals surface area (Å²) in [7, 11) is 0. The van der Waals surface area contributed by atoms with Gasteiger partial charge in [-0.25, -0.2) is 4.99 Å². The topological polar surface area (TPSA) is 27.6 Å². The van der Waals surface area contributed by atoms with E-state index < -0.39 is 12.0 Å². The van der Waals surface area contributed by atoms with E-state index in [1.807, 2.05) is 0 Å². The van der Waals surface area contributed by atoms with E-state index in [2.05, 4.69) is 16.9 Å². The van der Waals surface area contributed by atoms with E-state index in [0.29, 0.717) is 18.8 Å². The lowest BCUT2D eigenvalue weighted by molar-refractivity contribution is -0.0680. The van der Waals surface area contributed by atoms with E-state index in [1.165, 1.54) is 4.90 Å². The van der Waals surface area contributed by atoms with Gasteiger partial charge in [0.1, 0.15) is 0 Å². The smallest absolute Gasteiger partial charge is 0.323 e. The molecule has 1 saturated heterocycles. The number of rotatable bonds is 0. The number of hydrogen-bond donors (Lipinski definition) is 1. The van der Waals surface area contributed by atoms with Crippen molar-refractivity contribution < 1.29 is 13.2 Å². The summed E-state index contributed by atoms with van der Waals surface area (Å²) >= 11 is 0. The van der Waals surface area contributed by atoms with Gasteiger partial charge in [0.2, 0.25) is 5.84 Å². The third-order valence-corrected chi connectivity index (χ3v) is 2.26. The van der Waals surface area contributed by atoms with Gasteiger partial charge in [0.15, 0.2) is 0 Å². The van der Waals surface area contributed by atoms with Crippen molar-refractivity contribution in [1.82, 2.24) is 10.2 Å². The van der Waals surface area contributed by atoms with Crippen LogP contribution in [0, 0.1) is 0 Å². The second kappa shape index (κ2) is 3.37. The Kier molecular flexibility index (Phi) is 2.30. The van der Waals surface area contributed by atoms with Crippen molar-refractivity contribution in [2.45, 2.75) is 6.18 Å². The highest BCUT2D eigenvalue weighted by Gasteiger charge is 2.42. The number of nitrogens with zero attached hydrogens (tertiary/aromatic N) is 2. The molecule has 0 aliphatic carbocycles. The first-order valence-electron chi connectivity index (χ1n) is 4.52. The van der Waals surface area contributed by atoms with Crippen molar-refractivity contribution in [1.29, 1.82) is 0 Å². The van der Waals surface area contributed by atoms with Gasteiger partial charge in [-0.15, -0.1) is 0 Å². The number of nitrogens with one attached hydrogen (secondary N) is 1. The molecule has 2 rings (SSSR count). The molecule has 2 aliphatic rings. The average Bonchev–Trinajstić information content (AvgIpc) is 2.15. The largest absolute Gasteiger partial charge is 0.449 e. The Morgan fingerprint density at radius 1 is 1.47 bits per heavy atom. The second-order valence-corrected chi connectivity index (χ2v) is 3.39. The number of allylic oxidation sites excluding steroid dienone is 1. The summed E-state index contributed by atoms with van der Waals surface area (Å²) < 4.78 is 37.9. The molecule has 82 valence electrons. The lowest BCUT2D eigenvalue weighted by atomic mass is 10.2. The third-order valence-electron chi connectivity index (χ3n) is 2.26. The van der Waals surface area contributed by atoms with Gasteiger partial charge in [-0.1, -0.05) is 6.58 Å². The number of hydrogen-bond acceptors (Lipinski definition) is 3. The van der Waals surface area contributed by atoms with Crippen LogP contribution in [0.1, 0.15) is 0 Å². The molecule has 3 nitrogen and oxygen atoms in total. The average molecular weight is 217 g/mol. The van der Waals surface area contributed by atoms with Gasteiger partial charge in [0.25, 0.3) is 0 Å². The number of amidine groups is 1. The maximum Gasteiger partial charge on any atom is 0.449 e. The quantitative estimate of drug-likeness (QED) is 0.661. The highest BCUT2D eigenvalue weighted by molar-refractivity contribution is 5.91. The summed E-state index contributed by atoms with van der Waals surface area (Å²) in [5.41, 5.74) is 0.728. The van der Waals surface area contributed by atoms with Crippen molar-refractivity contribution in [2.24, 2.45) is 4.99 Å². The molecule has 0 aromatic carbocycles. The van der Waals surface area contributed by atoms with Crippen LogP contribution >= 0.6 is 0 Å². The third kappa shape index (κ3) is 1.90. The van der Waals surface area contributed by atoms with E-state index in [-0.39, 0.29) is 12.2 Å². The number of piperazine rings is 1. The fourth-order valence-corrected chi connectivity index (χ4v) is 1.65. The molecule has 0 spiro atoms. The molecular weight excluding hydrogens is 207 g/mol. The molecule has 0 radical (unpaired) electrons. The van der Waals surface area contributed by atoms with Gasteiger partial charge in [0, 0.05) is 25.3 Å². The van der Waals surface area contributed by atoms with Crippen molar-refractivity contribution in [3.63, 3.8) is 0 Å². The normalized spacial score (nSPS) is 22.1. The molecule has 0 aromatic heterocycles. The van der Waals surface area contributed by atoms with Gasteiger partial charge in [-0.2, -0.15) is 13.2 Å². The summed E-state index contributed by atoms with van der Waals surface area (Å²) in [6.07, 6.45) is -2.85. The summed E-state index contributed by atoms with van der Waals surface area (Å²) in [5.74, 6) is -0.855. The molecule has 15 heavy (non-hydrogen) atoms. The fourth-order valence-electron chi connectivity index (χ4n) is 1.65. The SMILES string of the molecule is C=C1C=C2CNCCN2C(C(F)(F)F)=N1. The van der Waals surface area contributed by atoms with Crippen LogP contribution in [0.3, 0.4) is 0 Å². The van der Waals surface area contributed by atoms with Gasteiger partial charge in [-0.3, -0.25) is 0 Å². The zero-order valence-corrected chi connectivity index (χ0v) is 7.93. The van der Waals surface area contributed by atoms with E-state index in [1.54, 1.807) is 6.08 Å². The Morgan fingerprint density at radius 2 is 2.20 bits per heavy atom. The van der Waals surface area contributed by atoms with Gasteiger partial charge < -0.3 is 10.2 Å². The van der Waals surface area contributed by atoms with Gasteiger partial charge in [-0.05, 0) is 6.08 Å². The Morgan fingerprint density at radius 3 is 2.87 bits per heavy atom. The van der Waals surface area contributed by atoms with Crippen LogP contribution in [0.15, 0.2) is 29.0 Å². The van der Waals surface area contributed by atoms with Crippen LogP contribution in [-0.4, -0.2) is 36.5 Å². The van der Waals surface area contributed by atoms with Gasteiger partial charge >= 0.3 is 6.18 Å². The molecule has 0 bridgehead atoms. The number of halogens is 3. The molecule has 0 saturated carbocycles. The first-order chi connectivity index (χ1) is 6.98. The maximum absolute atomic E-state index is 12.6. The van der Waals surface area contributed by atoms with Crippen molar-refractivity contribution >= 4 is 5.84 Å². The standard InChI is InChI=1S/C9H10F3N3/c1-6-4-7-5-13-2-3-15(7)8(14-6)9(10,11)12/h4,13H,1-3,5H2. The molecule has 1 fully saturated rings. The van der Waals surface area contributed by atoms with Crippen LogP contribution < -0.4 is 5.32 Å². The van der Waals surface area contributed by atoms with E-state index >= 15 is 0 Å². The molecule has 2 heterocycles. The van der Waals surface area contributed by atoms with Gasteiger partial charge in [0.05, 0.1) is 5.70 Å². The minimum Gasteiger partial charge on any atom is -0.323 e. The summed E-state index contributed by atoms with van der Waals surface area (Å²) in [5, 5.41) is 3.00. The molecule has 1 N–H and O–H groups in total. The molecule has 0 amide bonds. The first-order valence-corrected chi connectivity index (χ1v) is 4.52. The number of fused-ring (bicyclic) bond motifs is 1.